The Morgan fingerprint density at radius 2 is 1.82 bits per heavy atom. The van der Waals surface area contributed by atoms with Gasteiger partial charge in [-0.2, -0.15) is 0 Å². The molecule has 0 aliphatic rings. The van der Waals surface area contributed by atoms with Crippen LogP contribution in [0.4, 0.5) is 4.39 Å². The molecule has 0 fully saturated rings. The monoisotopic (exact) mass is 265 g/mol. The van der Waals surface area contributed by atoms with Crippen LogP contribution in [-0.2, 0) is 16.9 Å². The van der Waals surface area contributed by atoms with Gasteiger partial charge in [0, 0.05) is 0 Å². The lowest BCUT2D eigenvalue weighted by molar-refractivity contribution is 0.366. The van der Waals surface area contributed by atoms with Gasteiger partial charge in [0.05, 0.1) is 6.54 Å². The SMILES string of the molecule is NC(N)=NCc1ccc(F)cc1.O=S(=O)([O-])O.[H+]. The maximum absolute atomic E-state index is 12.4. The fourth-order valence-electron chi connectivity index (χ4n) is 0.772. The van der Waals surface area contributed by atoms with Crippen molar-refractivity contribution >= 4 is 16.4 Å². The van der Waals surface area contributed by atoms with Crippen molar-refractivity contribution < 1.29 is 23.3 Å². The van der Waals surface area contributed by atoms with E-state index in [1.807, 2.05) is 0 Å². The molecule has 0 saturated heterocycles. The van der Waals surface area contributed by atoms with Crippen molar-refractivity contribution in [3.8, 4) is 0 Å². The lowest BCUT2D eigenvalue weighted by Crippen LogP contribution is -2.22. The number of hydrogen-bond donors (Lipinski definition) is 3. The van der Waals surface area contributed by atoms with E-state index in [9.17, 15) is 4.39 Å². The molecular weight excluding hydrogens is 253 g/mol. The second-order valence-corrected chi connectivity index (χ2v) is 3.65. The smallest absolute Gasteiger partial charge is 0.726 e. The highest BCUT2D eigenvalue weighted by Crippen LogP contribution is 2.03. The van der Waals surface area contributed by atoms with E-state index in [1.54, 1.807) is 12.1 Å². The van der Waals surface area contributed by atoms with Crippen LogP contribution in [0.25, 0.3) is 0 Å². The summed E-state index contributed by atoms with van der Waals surface area (Å²) in [5.74, 6) is -0.220. The molecule has 0 bridgehead atoms. The first-order valence-corrected chi connectivity index (χ1v) is 5.53. The van der Waals surface area contributed by atoms with Gasteiger partial charge in [0.1, 0.15) is 5.82 Å². The van der Waals surface area contributed by atoms with Crippen molar-refractivity contribution in [2.75, 3.05) is 0 Å². The molecule has 0 atom stereocenters. The van der Waals surface area contributed by atoms with Crippen LogP contribution in [0.15, 0.2) is 29.3 Å². The Bertz CT molecular complexity index is 466. The highest BCUT2D eigenvalue weighted by atomic mass is 32.3. The summed E-state index contributed by atoms with van der Waals surface area (Å²) in [5, 5.41) is 0. The normalized spacial score (nSPS) is 10.1. The topological polar surface area (TPSA) is 142 Å². The molecule has 0 heterocycles. The zero-order chi connectivity index (χ0) is 13.5. The minimum atomic E-state index is -4.92. The Hall–Kier alpha value is -1.71. The molecular formula is C8H12FN3O4S. The Balaban J connectivity index is 0. The van der Waals surface area contributed by atoms with Gasteiger partial charge in [-0.25, -0.2) is 17.8 Å². The second kappa shape index (κ2) is 6.78. The third kappa shape index (κ3) is 12.2. The number of aliphatic imine (C=N–C) groups is 1. The number of rotatable bonds is 2. The van der Waals surface area contributed by atoms with Crippen molar-refractivity contribution in [1.29, 1.82) is 0 Å². The number of benzene rings is 1. The number of guanidine groups is 1. The molecule has 5 N–H and O–H groups in total. The molecule has 0 aliphatic carbocycles. The zero-order valence-electron chi connectivity index (χ0n) is 9.58. The number of nitrogens with zero attached hydrogens (tertiary/aromatic N) is 1. The predicted octanol–water partition coefficient (Wildman–Crippen LogP) is -0.284. The predicted molar refractivity (Wildman–Crippen MR) is 59.4 cm³/mol. The van der Waals surface area contributed by atoms with Gasteiger partial charge in [0.25, 0.3) is 0 Å². The summed E-state index contributed by atoms with van der Waals surface area (Å²) in [6.07, 6.45) is 0. The molecule has 0 spiro atoms. The van der Waals surface area contributed by atoms with Crippen LogP contribution < -0.4 is 11.5 Å². The summed E-state index contributed by atoms with van der Waals surface area (Å²) < 4.78 is 45.2. The molecule has 17 heavy (non-hydrogen) atoms. The van der Waals surface area contributed by atoms with E-state index < -0.39 is 10.4 Å². The van der Waals surface area contributed by atoms with Crippen molar-refractivity contribution in [3.05, 3.63) is 35.6 Å². The third-order valence-electron chi connectivity index (χ3n) is 1.36. The quantitative estimate of drug-likeness (QED) is 0.290. The average molecular weight is 265 g/mol. The third-order valence-corrected chi connectivity index (χ3v) is 1.36. The Morgan fingerprint density at radius 1 is 1.41 bits per heavy atom. The molecule has 9 heteroatoms. The van der Waals surface area contributed by atoms with Gasteiger partial charge in [-0.05, 0) is 17.7 Å². The standard InChI is InChI=1S/C8H10FN3.H2O4S/c9-7-3-1-6(2-4-7)5-12-8(10)11;1-5(2,3)4/h1-4H,5H2,(H4,10,11,12);(H2,1,2,3,4). The maximum Gasteiger partial charge on any atom is 1.00 e. The van der Waals surface area contributed by atoms with Crippen LogP contribution in [0.1, 0.15) is 6.99 Å². The lowest BCUT2D eigenvalue weighted by atomic mass is 10.2. The van der Waals surface area contributed by atoms with Crippen LogP contribution in [0.3, 0.4) is 0 Å². The van der Waals surface area contributed by atoms with E-state index in [4.69, 9.17) is 29.0 Å². The van der Waals surface area contributed by atoms with Crippen LogP contribution >= 0.6 is 0 Å². The molecule has 7 nitrogen and oxygen atoms in total. The van der Waals surface area contributed by atoms with Gasteiger partial charge < -0.3 is 16.0 Å². The minimum absolute atomic E-state index is 0. The first-order chi connectivity index (χ1) is 7.68. The maximum atomic E-state index is 12.4. The van der Waals surface area contributed by atoms with E-state index in [0.29, 0.717) is 6.54 Å². The molecule has 0 saturated carbocycles. The largest absolute Gasteiger partial charge is 1.00 e. The Morgan fingerprint density at radius 3 is 2.18 bits per heavy atom. The van der Waals surface area contributed by atoms with Crippen LogP contribution in [0.2, 0.25) is 0 Å². The summed E-state index contributed by atoms with van der Waals surface area (Å²) in [6, 6.07) is 6.03. The summed E-state index contributed by atoms with van der Waals surface area (Å²) >= 11 is 0. The molecule has 1 aromatic rings. The summed E-state index contributed by atoms with van der Waals surface area (Å²) in [6.45, 7) is 0.391. The Labute approximate surface area is 99.0 Å². The second-order valence-electron chi connectivity index (χ2n) is 2.80. The highest BCUT2D eigenvalue weighted by molar-refractivity contribution is 7.79. The van der Waals surface area contributed by atoms with Crippen molar-refractivity contribution in [3.63, 3.8) is 0 Å². The molecule has 0 aliphatic heterocycles. The van der Waals surface area contributed by atoms with E-state index in [1.165, 1.54) is 12.1 Å². The number of hydrogen-bond acceptors (Lipinski definition) is 4. The van der Waals surface area contributed by atoms with Crippen molar-refractivity contribution in [2.45, 2.75) is 6.54 Å². The number of halogens is 1. The lowest BCUT2D eigenvalue weighted by Gasteiger charge is -1.95. The fraction of sp³-hybridized carbons (Fsp3) is 0.125. The fourth-order valence-corrected chi connectivity index (χ4v) is 0.772. The minimum Gasteiger partial charge on any atom is -0.726 e. The molecule has 1 aromatic carbocycles. The first-order valence-electron chi connectivity index (χ1n) is 4.16. The zero-order valence-corrected chi connectivity index (χ0v) is 9.39. The summed E-state index contributed by atoms with van der Waals surface area (Å²) in [5.41, 5.74) is 11.1. The van der Waals surface area contributed by atoms with Crippen molar-refractivity contribution in [1.82, 2.24) is 0 Å². The van der Waals surface area contributed by atoms with Gasteiger partial charge in [0.15, 0.2) is 5.96 Å². The van der Waals surface area contributed by atoms with Gasteiger partial charge in [0.2, 0.25) is 10.4 Å². The molecule has 0 aromatic heterocycles. The molecule has 0 unspecified atom stereocenters. The highest BCUT2D eigenvalue weighted by Gasteiger charge is 1.91. The van der Waals surface area contributed by atoms with Crippen LogP contribution in [0, 0.1) is 5.82 Å². The molecule has 0 amide bonds. The van der Waals surface area contributed by atoms with Gasteiger partial charge in [-0.15, -0.1) is 0 Å². The van der Waals surface area contributed by atoms with Crippen LogP contribution in [0.5, 0.6) is 0 Å². The molecule has 0 radical (unpaired) electrons. The summed E-state index contributed by atoms with van der Waals surface area (Å²) in [7, 11) is -4.92. The van der Waals surface area contributed by atoms with E-state index in [2.05, 4.69) is 4.99 Å². The first kappa shape index (κ1) is 15.3. The molecule has 1 rings (SSSR count). The van der Waals surface area contributed by atoms with E-state index in [-0.39, 0.29) is 13.2 Å². The average Bonchev–Trinajstić information content (AvgIpc) is 2.14. The van der Waals surface area contributed by atoms with Gasteiger partial charge in [-0.3, -0.25) is 4.55 Å². The van der Waals surface area contributed by atoms with Gasteiger partial charge >= 0.3 is 1.43 Å². The van der Waals surface area contributed by atoms with Crippen LogP contribution in [-0.4, -0.2) is 23.5 Å². The molecule has 96 valence electrons. The van der Waals surface area contributed by atoms with Gasteiger partial charge in [-0.1, -0.05) is 12.1 Å². The number of nitrogens with two attached hydrogens (primary N) is 2. The van der Waals surface area contributed by atoms with E-state index in [0.717, 1.165) is 5.56 Å². The summed E-state index contributed by atoms with van der Waals surface area (Å²) in [4.78, 5) is 3.77. The van der Waals surface area contributed by atoms with E-state index >= 15 is 0 Å². The Kier molecular flexibility index (Phi) is 6.10. The van der Waals surface area contributed by atoms with Crippen molar-refractivity contribution in [2.24, 2.45) is 16.5 Å².